The van der Waals surface area contributed by atoms with Crippen LogP contribution in [0.2, 0.25) is 0 Å². The topological polar surface area (TPSA) is 9.23 Å². The maximum Gasteiger partial charge on any atom is 0.0993 e. The van der Waals surface area contributed by atoms with Gasteiger partial charge in [0.25, 0.3) is 0 Å². The zero-order valence-corrected chi connectivity index (χ0v) is 8.52. The Hall–Kier alpha value is -0.500. The fourth-order valence-electron chi connectivity index (χ4n) is 0.569. The molecule has 1 nitrogen and oxygen atoms in total. The van der Waals surface area contributed by atoms with Gasteiger partial charge in [0.2, 0.25) is 0 Å². The van der Waals surface area contributed by atoms with E-state index < -0.39 is 0 Å². The van der Waals surface area contributed by atoms with E-state index in [1.165, 1.54) is 0 Å². The van der Waals surface area contributed by atoms with E-state index in [-0.39, 0.29) is 0 Å². The van der Waals surface area contributed by atoms with Crippen LogP contribution in [0, 0.1) is 0 Å². The highest BCUT2D eigenvalue weighted by molar-refractivity contribution is 9.11. The summed E-state index contributed by atoms with van der Waals surface area (Å²) in [6, 6.07) is 0. The van der Waals surface area contributed by atoms with Crippen LogP contribution in [0.1, 0.15) is 13.3 Å². The summed E-state index contributed by atoms with van der Waals surface area (Å²) in [6.07, 6.45) is 6.45. The van der Waals surface area contributed by atoms with Crippen molar-refractivity contribution < 1.29 is 4.74 Å². The monoisotopic (exact) mass is 216 g/mol. The van der Waals surface area contributed by atoms with Crippen LogP contribution in [0.5, 0.6) is 0 Å². The minimum absolute atomic E-state index is 0.771. The van der Waals surface area contributed by atoms with Crippen molar-refractivity contribution in [1.29, 1.82) is 0 Å². The standard InChI is InChI=1S/C9H13BrO/c1-4-5-9(11-3)7-6-8(2)10/h4,6-7H,1,5H2,2-3H3/b8-6+,9-7+. The minimum atomic E-state index is 0.771. The molecule has 0 aliphatic rings. The summed E-state index contributed by atoms with van der Waals surface area (Å²) in [5, 5.41) is 0. The molecular weight excluding hydrogens is 204 g/mol. The molecule has 11 heavy (non-hydrogen) atoms. The van der Waals surface area contributed by atoms with Gasteiger partial charge in [0.05, 0.1) is 12.9 Å². The number of halogens is 1. The third kappa shape index (κ3) is 5.92. The van der Waals surface area contributed by atoms with Crippen molar-refractivity contribution in [2.45, 2.75) is 13.3 Å². The zero-order valence-electron chi connectivity index (χ0n) is 6.93. The molecule has 0 aromatic heterocycles. The number of hydrogen-bond acceptors (Lipinski definition) is 1. The van der Waals surface area contributed by atoms with Crippen LogP contribution in [-0.2, 0) is 4.74 Å². The van der Waals surface area contributed by atoms with Gasteiger partial charge in [-0.1, -0.05) is 22.0 Å². The fraction of sp³-hybridized carbons (Fsp3) is 0.333. The Kier molecular flexibility index (Phi) is 5.94. The van der Waals surface area contributed by atoms with Crippen molar-refractivity contribution in [3.63, 3.8) is 0 Å². The minimum Gasteiger partial charge on any atom is -0.501 e. The van der Waals surface area contributed by atoms with Crippen LogP contribution >= 0.6 is 15.9 Å². The lowest BCUT2D eigenvalue weighted by Gasteiger charge is -1.99. The second kappa shape index (κ2) is 6.23. The van der Waals surface area contributed by atoms with Crippen molar-refractivity contribution >= 4 is 15.9 Å². The normalized spacial score (nSPS) is 13.0. The smallest absolute Gasteiger partial charge is 0.0993 e. The molecule has 0 spiro atoms. The van der Waals surface area contributed by atoms with Crippen molar-refractivity contribution in [2.75, 3.05) is 7.11 Å². The Morgan fingerprint density at radius 1 is 1.55 bits per heavy atom. The summed E-state index contributed by atoms with van der Waals surface area (Å²) in [5.41, 5.74) is 0. The van der Waals surface area contributed by atoms with Gasteiger partial charge in [0, 0.05) is 6.42 Å². The van der Waals surface area contributed by atoms with Crippen molar-refractivity contribution in [3.05, 3.63) is 35.0 Å². The van der Waals surface area contributed by atoms with Gasteiger partial charge < -0.3 is 4.74 Å². The maximum atomic E-state index is 5.07. The largest absolute Gasteiger partial charge is 0.501 e. The van der Waals surface area contributed by atoms with E-state index in [1.54, 1.807) is 7.11 Å². The summed E-state index contributed by atoms with van der Waals surface area (Å²) in [4.78, 5) is 0. The number of ether oxygens (including phenoxy) is 1. The molecule has 0 aromatic rings. The molecule has 0 saturated heterocycles. The molecule has 0 unspecified atom stereocenters. The summed E-state index contributed by atoms with van der Waals surface area (Å²) in [6.45, 7) is 5.59. The molecule has 0 aliphatic heterocycles. The van der Waals surface area contributed by atoms with E-state index in [2.05, 4.69) is 22.5 Å². The predicted octanol–water partition coefficient (Wildman–Crippen LogP) is 3.39. The van der Waals surface area contributed by atoms with Gasteiger partial charge in [-0.05, 0) is 23.6 Å². The molecule has 0 fully saturated rings. The molecule has 0 rings (SSSR count). The highest BCUT2D eigenvalue weighted by Crippen LogP contribution is 2.07. The Morgan fingerprint density at radius 3 is 2.55 bits per heavy atom. The SMILES string of the molecule is C=CC/C(=C\C=C(/C)Br)OC. The number of hydrogen-bond donors (Lipinski definition) is 0. The quantitative estimate of drug-likeness (QED) is 0.398. The highest BCUT2D eigenvalue weighted by atomic mass is 79.9. The number of allylic oxidation sites excluding steroid dienone is 4. The fourth-order valence-corrected chi connectivity index (χ4v) is 0.702. The summed E-state index contributed by atoms with van der Waals surface area (Å²) < 4.78 is 6.15. The third-order valence-electron chi connectivity index (χ3n) is 1.11. The van der Waals surface area contributed by atoms with Crippen molar-refractivity contribution in [2.24, 2.45) is 0 Å². The molecule has 0 amide bonds. The van der Waals surface area contributed by atoms with Crippen LogP contribution < -0.4 is 0 Å². The second-order valence-corrected chi connectivity index (χ2v) is 3.33. The van der Waals surface area contributed by atoms with Crippen LogP contribution in [0.15, 0.2) is 35.0 Å². The van der Waals surface area contributed by atoms with E-state index in [1.807, 2.05) is 25.2 Å². The van der Waals surface area contributed by atoms with Gasteiger partial charge in [-0.15, -0.1) is 6.58 Å². The summed E-state index contributed by atoms with van der Waals surface area (Å²) in [7, 11) is 1.66. The first-order valence-electron chi connectivity index (χ1n) is 3.38. The molecule has 0 heterocycles. The molecule has 0 radical (unpaired) electrons. The molecule has 0 N–H and O–H groups in total. The lowest BCUT2D eigenvalue weighted by molar-refractivity contribution is 0.285. The van der Waals surface area contributed by atoms with Crippen LogP contribution in [0.4, 0.5) is 0 Å². The highest BCUT2D eigenvalue weighted by Gasteiger charge is 1.88. The predicted molar refractivity (Wildman–Crippen MR) is 52.6 cm³/mol. The molecule has 0 aromatic carbocycles. The molecule has 0 saturated carbocycles. The first kappa shape index (κ1) is 10.5. The summed E-state index contributed by atoms with van der Waals surface area (Å²) >= 11 is 3.32. The first-order chi connectivity index (χ1) is 5.20. The first-order valence-corrected chi connectivity index (χ1v) is 4.18. The van der Waals surface area contributed by atoms with Crippen LogP contribution in [0.25, 0.3) is 0 Å². The molecule has 0 bridgehead atoms. The number of methoxy groups -OCH3 is 1. The van der Waals surface area contributed by atoms with E-state index in [0.717, 1.165) is 16.7 Å². The van der Waals surface area contributed by atoms with Crippen LogP contribution in [-0.4, -0.2) is 7.11 Å². The lowest BCUT2D eigenvalue weighted by Crippen LogP contribution is -1.82. The third-order valence-corrected chi connectivity index (χ3v) is 1.37. The molecule has 0 atom stereocenters. The van der Waals surface area contributed by atoms with Gasteiger partial charge in [-0.25, -0.2) is 0 Å². The van der Waals surface area contributed by atoms with Gasteiger partial charge in [0.1, 0.15) is 0 Å². The van der Waals surface area contributed by atoms with Crippen molar-refractivity contribution in [3.8, 4) is 0 Å². The average molecular weight is 217 g/mol. The molecule has 0 aliphatic carbocycles. The lowest BCUT2D eigenvalue weighted by atomic mass is 10.3. The Labute approximate surface area is 76.6 Å². The maximum absolute atomic E-state index is 5.07. The molecule has 2 heteroatoms. The zero-order chi connectivity index (χ0) is 8.69. The Bertz CT molecular complexity index is 176. The van der Waals surface area contributed by atoms with Gasteiger partial charge in [-0.2, -0.15) is 0 Å². The van der Waals surface area contributed by atoms with Gasteiger partial charge >= 0.3 is 0 Å². The number of rotatable bonds is 4. The summed E-state index contributed by atoms with van der Waals surface area (Å²) in [5.74, 6) is 0.916. The average Bonchev–Trinajstić information content (AvgIpc) is 1.97. The van der Waals surface area contributed by atoms with E-state index in [9.17, 15) is 0 Å². The molecular formula is C9H13BrO. The van der Waals surface area contributed by atoms with Crippen LogP contribution in [0.3, 0.4) is 0 Å². The van der Waals surface area contributed by atoms with E-state index in [4.69, 9.17) is 4.74 Å². The Morgan fingerprint density at radius 2 is 2.18 bits per heavy atom. The van der Waals surface area contributed by atoms with Crippen molar-refractivity contribution in [1.82, 2.24) is 0 Å². The Balaban J connectivity index is 4.11. The second-order valence-electron chi connectivity index (χ2n) is 2.08. The molecule has 62 valence electrons. The van der Waals surface area contributed by atoms with E-state index >= 15 is 0 Å². The van der Waals surface area contributed by atoms with Gasteiger partial charge in [-0.3, -0.25) is 0 Å². The van der Waals surface area contributed by atoms with E-state index in [0.29, 0.717) is 0 Å². The van der Waals surface area contributed by atoms with Gasteiger partial charge in [0.15, 0.2) is 0 Å².